The highest BCUT2D eigenvalue weighted by atomic mass is 16.5. The Morgan fingerprint density at radius 3 is 2.80 bits per heavy atom. The normalized spacial score (nSPS) is 8.60. The van der Waals surface area contributed by atoms with Crippen molar-refractivity contribution in [2.45, 2.75) is 12.8 Å². The van der Waals surface area contributed by atoms with E-state index in [0.717, 1.165) is 26.0 Å². The molecule has 10 heavy (non-hydrogen) atoms. The number of methoxy groups -OCH3 is 1. The summed E-state index contributed by atoms with van der Waals surface area (Å²) in [4.78, 5) is 0. The second-order valence-electron chi connectivity index (χ2n) is 1.98. The van der Waals surface area contributed by atoms with Crippen molar-refractivity contribution < 1.29 is 4.74 Å². The highest BCUT2D eigenvalue weighted by Gasteiger charge is 1.79. The number of unbranched alkanes of at least 4 members (excludes halogenated alkanes) is 1. The standard InChI is InChI=1S/C8H15NO/c1-9-7-5-3-4-6-8-10-2/h9H,4,6-8H2,1-2H3. The van der Waals surface area contributed by atoms with Gasteiger partial charge in [0.1, 0.15) is 0 Å². The fourth-order valence-electron chi connectivity index (χ4n) is 0.544. The van der Waals surface area contributed by atoms with E-state index < -0.39 is 0 Å². The van der Waals surface area contributed by atoms with Crippen LogP contribution in [0.3, 0.4) is 0 Å². The second kappa shape index (κ2) is 8.48. The van der Waals surface area contributed by atoms with Gasteiger partial charge in [0.05, 0.1) is 6.54 Å². The molecule has 0 unspecified atom stereocenters. The third kappa shape index (κ3) is 7.48. The smallest absolute Gasteiger partial charge is 0.0574 e. The van der Waals surface area contributed by atoms with Crippen LogP contribution in [-0.4, -0.2) is 27.3 Å². The molecule has 0 bridgehead atoms. The Morgan fingerprint density at radius 1 is 1.40 bits per heavy atom. The Kier molecular flexibility index (Phi) is 8.04. The van der Waals surface area contributed by atoms with Crippen molar-refractivity contribution in [2.24, 2.45) is 0 Å². The molecular formula is C8H15NO. The second-order valence-corrected chi connectivity index (χ2v) is 1.98. The topological polar surface area (TPSA) is 21.3 Å². The summed E-state index contributed by atoms with van der Waals surface area (Å²) in [5.41, 5.74) is 0. The van der Waals surface area contributed by atoms with Gasteiger partial charge in [0.25, 0.3) is 0 Å². The molecule has 0 spiro atoms. The van der Waals surface area contributed by atoms with E-state index in [4.69, 9.17) is 4.74 Å². The van der Waals surface area contributed by atoms with Crippen LogP contribution in [-0.2, 0) is 4.74 Å². The van der Waals surface area contributed by atoms with Gasteiger partial charge in [-0.05, 0) is 13.5 Å². The molecule has 0 aliphatic heterocycles. The predicted octanol–water partition coefficient (Wildman–Crippen LogP) is 0.636. The van der Waals surface area contributed by atoms with Crippen molar-refractivity contribution in [2.75, 3.05) is 27.3 Å². The molecule has 0 aromatic heterocycles. The van der Waals surface area contributed by atoms with E-state index in [9.17, 15) is 0 Å². The van der Waals surface area contributed by atoms with Gasteiger partial charge < -0.3 is 10.1 Å². The van der Waals surface area contributed by atoms with Crippen molar-refractivity contribution in [1.29, 1.82) is 0 Å². The molecule has 0 atom stereocenters. The molecule has 0 aliphatic carbocycles. The molecule has 0 saturated carbocycles. The maximum atomic E-state index is 4.86. The molecule has 0 aliphatic rings. The minimum atomic E-state index is 0.785. The Bertz CT molecular complexity index is 112. The summed E-state index contributed by atoms with van der Waals surface area (Å²) in [6, 6.07) is 0. The number of hydrogen-bond donors (Lipinski definition) is 1. The zero-order chi connectivity index (χ0) is 7.66. The number of ether oxygens (including phenoxy) is 1. The first kappa shape index (κ1) is 9.48. The van der Waals surface area contributed by atoms with Gasteiger partial charge in [-0.25, -0.2) is 0 Å². The maximum absolute atomic E-state index is 4.86. The molecule has 0 aromatic carbocycles. The molecule has 0 fully saturated rings. The summed E-state index contributed by atoms with van der Waals surface area (Å²) in [7, 11) is 3.60. The minimum Gasteiger partial charge on any atom is -0.385 e. The highest BCUT2D eigenvalue weighted by molar-refractivity contribution is 5.00. The lowest BCUT2D eigenvalue weighted by Gasteiger charge is -1.90. The maximum Gasteiger partial charge on any atom is 0.0574 e. The van der Waals surface area contributed by atoms with E-state index in [1.54, 1.807) is 7.11 Å². The third-order valence-corrected chi connectivity index (χ3v) is 1.04. The molecule has 2 nitrogen and oxygen atoms in total. The van der Waals surface area contributed by atoms with E-state index in [1.165, 1.54) is 0 Å². The van der Waals surface area contributed by atoms with Crippen LogP contribution in [0.4, 0.5) is 0 Å². The quantitative estimate of drug-likeness (QED) is 0.458. The van der Waals surface area contributed by atoms with Gasteiger partial charge in [-0.15, -0.1) is 5.92 Å². The average molecular weight is 141 g/mol. The van der Waals surface area contributed by atoms with Gasteiger partial charge in [-0.1, -0.05) is 5.92 Å². The van der Waals surface area contributed by atoms with Crippen LogP contribution >= 0.6 is 0 Å². The zero-order valence-electron chi connectivity index (χ0n) is 6.74. The van der Waals surface area contributed by atoms with Crippen LogP contribution in [0.25, 0.3) is 0 Å². The first-order valence-electron chi connectivity index (χ1n) is 3.51. The Labute approximate surface area is 63.0 Å². The summed E-state index contributed by atoms with van der Waals surface area (Å²) >= 11 is 0. The summed E-state index contributed by atoms with van der Waals surface area (Å²) in [5, 5.41) is 2.95. The van der Waals surface area contributed by atoms with Crippen LogP contribution in [0.15, 0.2) is 0 Å². The summed E-state index contributed by atoms with van der Waals surface area (Å²) < 4.78 is 4.86. The fraction of sp³-hybridized carbons (Fsp3) is 0.750. The van der Waals surface area contributed by atoms with Gasteiger partial charge >= 0.3 is 0 Å². The Hall–Kier alpha value is -0.520. The Balaban J connectivity index is 2.96. The lowest BCUT2D eigenvalue weighted by Crippen LogP contribution is -2.04. The SMILES string of the molecule is CNCC#CCCCOC. The lowest BCUT2D eigenvalue weighted by molar-refractivity contribution is 0.196. The van der Waals surface area contributed by atoms with Crippen molar-refractivity contribution in [1.82, 2.24) is 5.32 Å². The fourth-order valence-corrected chi connectivity index (χ4v) is 0.544. The van der Waals surface area contributed by atoms with Crippen molar-refractivity contribution in [3.63, 3.8) is 0 Å². The van der Waals surface area contributed by atoms with Crippen LogP contribution in [0.1, 0.15) is 12.8 Å². The van der Waals surface area contributed by atoms with Crippen LogP contribution in [0.5, 0.6) is 0 Å². The van der Waals surface area contributed by atoms with Gasteiger partial charge in [0.15, 0.2) is 0 Å². The Morgan fingerprint density at radius 2 is 2.20 bits per heavy atom. The van der Waals surface area contributed by atoms with E-state index in [-0.39, 0.29) is 0 Å². The van der Waals surface area contributed by atoms with E-state index >= 15 is 0 Å². The molecular weight excluding hydrogens is 126 g/mol. The number of hydrogen-bond acceptors (Lipinski definition) is 2. The van der Waals surface area contributed by atoms with Gasteiger partial charge in [0.2, 0.25) is 0 Å². The molecule has 0 aromatic rings. The molecule has 1 N–H and O–H groups in total. The zero-order valence-corrected chi connectivity index (χ0v) is 6.74. The van der Waals surface area contributed by atoms with Gasteiger partial charge in [-0.3, -0.25) is 0 Å². The van der Waals surface area contributed by atoms with Gasteiger partial charge in [-0.2, -0.15) is 0 Å². The van der Waals surface area contributed by atoms with Crippen LogP contribution in [0, 0.1) is 11.8 Å². The first-order chi connectivity index (χ1) is 4.91. The minimum absolute atomic E-state index is 0.785. The lowest BCUT2D eigenvalue weighted by atomic mass is 10.3. The van der Waals surface area contributed by atoms with Crippen molar-refractivity contribution >= 4 is 0 Å². The van der Waals surface area contributed by atoms with E-state index in [1.807, 2.05) is 7.05 Å². The monoisotopic (exact) mass is 141 g/mol. The molecule has 0 heterocycles. The average Bonchev–Trinajstić information content (AvgIpc) is 1.97. The van der Waals surface area contributed by atoms with Gasteiger partial charge in [0, 0.05) is 20.1 Å². The highest BCUT2D eigenvalue weighted by Crippen LogP contribution is 1.84. The molecule has 0 radical (unpaired) electrons. The number of nitrogens with one attached hydrogen (secondary N) is 1. The molecule has 58 valence electrons. The first-order valence-corrected chi connectivity index (χ1v) is 3.51. The molecule has 0 saturated heterocycles. The van der Waals surface area contributed by atoms with E-state index in [2.05, 4.69) is 17.2 Å². The summed E-state index contributed by atoms with van der Waals surface area (Å²) in [5.74, 6) is 6.01. The molecule has 0 rings (SSSR count). The summed E-state index contributed by atoms with van der Waals surface area (Å²) in [6.07, 6.45) is 1.97. The largest absolute Gasteiger partial charge is 0.385 e. The third-order valence-electron chi connectivity index (χ3n) is 1.04. The summed E-state index contributed by atoms with van der Waals surface area (Å²) in [6.45, 7) is 1.60. The number of rotatable bonds is 4. The van der Waals surface area contributed by atoms with Crippen LogP contribution in [0.2, 0.25) is 0 Å². The van der Waals surface area contributed by atoms with Crippen LogP contribution < -0.4 is 5.32 Å². The molecule has 0 amide bonds. The van der Waals surface area contributed by atoms with E-state index in [0.29, 0.717) is 0 Å². The van der Waals surface area contributed by atoms with Crippen molar-refractivity contribution in [3.8, 4) is 11.8 Å². The molecule has 2 heteroatoms. The van der Waals surface area contributed by atoms with Crippen molar-refractivity contribution in [3.05, 3.63) is 0 Å². The predicted molar refractivity (Wildman–Crippen MR) is 42.8 cm³/mol.